The molecule has 6 nitrogen and oxygen atoms in total. The summed E-state index contributed by atoms with van der Waals surface area (Å²) < 4.78 is 29.7. The van der Waals surface area contributed by atoms with Crippen LogP contribution in [0.15, 0.2) is 45.8 Å². The molecule has 22 heavy (non-hydrogen) atoms. The Labute approximate surface area is 135 Å². The van der Waals surface area contributed by atoms with Crippen molar-refractivity contribution in [2.24, 2.45) is 0 Å². The van der Waals surface area contributed by atoms with Crippen molar-refractivity contribution in [3.63, 3.8) is 0 Å². The van der Waals surface area contributed by atoms with Gasteiger partial charge in [-0.3, -0.25) is 0 Å². The maximum atomic E-state index is 12.3. The lowest BCUT2D eigenvalue weighted by molar-refractivity contribution is 0.0696. The molecule has 2 rings (SSSR count). The third kappa shape index (κ3) is 3.23. The summed E-state index contributed by atoms with van der Waals surface area (Å²) in [6, 6.07) is 8.75. The molecule has 8 heteroatoms. The molecule has 0 saturated carbocycles. The Hall–Kier alpha value is -2.06. The smallest absolute Gasteiger partial charge is 0.341 e. The number of halogens is 1. The highest BCUT2D eigenvalue weighted by Crippen LogP contribution is 2.35. The number of nitrogens with two attached hydrogens (primary N) is 1. The summed E-state index contributed by atoms with van der Waals surface area (Å²) in [5, 5.41) is 9.20. The maximum absolute atomic E-state index is 12.3. The van der Waals surface area contributed by atoms with Crippen LogP contribution < -0.4 is 9.92 Å². The number of hydrogen-bond donors (Lipinski definition) is 2. The monoisotopic (exact) mass is 385 g/mol. The summed E-state index contributed by atoms with van der Waals surface area (Å²) >= 11 is 3.08. The summed E-state index contributed by atoms with van der Waals surface area (Å²) in [5.41, 5.74) is 5.97. The second-order valence-electron chi connectivity index (χ2n) is 4.50. The number of aromatic carboxylic acids is 1. The van der Waals surface area contributed by atoms with Crippen molar-refractivity contribution in [3.8, 4) is 5.75 Å². The fraction of sp³-hybridized carbons (Fsp3) is 0.0714. The Morgan fingerprint density at radius 1 is 1.18 bits per heavy atom. The average molecular weight is 386 g/mol. The molecule has 0 atom stereocenters. The van der Waals surface area contributed by atoms with Gasteiger partial charge in [-0.2, -0.15) is 8.42 Å². The molecular formula is C14H12BrNO5S. The number of carbonyl (C=O) groups is 1. The zero-order chi connectivity index (χ0) is 16.5. The molecule has 2 aromatic rings. The van der Waals surface area contributed by atoms with Crippen LogP contribution in [0.5, 0.6) is 5.75 Å². The van der Waals surface area contributed by atoms with E-state index in [1.54, 1.807) is 12.1 Å². The number of nitrogen functional groups attached to an aromatic ring is 1. The summed E-state index contributed by atoms with van der Waals surface area (Å²) in [7, 11) is -4.17. The quantitative estimate of drug-likeness (QED) is 0.618. The third-order valence-corrected chi connectivity index (χ3v) is 4.72. The Bertz CT molecular complexity index is 831. The van der Waals surface area contributed by atoms with Crippen molar-refractivity contribution in [1.82, 2.24) is 0 Å². The maximum Gasteiger partial charge on any atom is 0.341 e. The third-order valence-electron chi connectivity index (χ3n) is 2.86. The lowest BCUT2D eigenvalue weighted by atomic mass is 10.1. The Kier molecular flexibility index (Phi) is 4.43. The highest BCUT2D eigenvalue weighted by atomic mass is 79.9. The average Bonchev–Trinajstić information content (AvgIpc) is 2.43. The molecule has 0 aliphatic carbocycles. The fourth-order valence-electron chi connectivity index (χ4n) is 1.74. The minimum Gasteiger partial charge on any atom is -0.477 e. The highest BCUT2D eigenvalue weighted by Gasteiger charge is 2.25. The molecule has 0 amide bonds. The van der Waals surface area contributed by atoms with Crippen LogP contribution in [-0.2, 0) is 10.1 Å². The van der Waals surface area contributed by atoms with E-state index in [9.17, 15) is 18.3 Å². The lowest BCUT2D eigenvalue weighted by Gasteiger charge is -2.12. The molecule has 0 spiro atoms. The van der Waals surface area contributed by atoms with Crippen LogP contribution in [0.4, 0.5) is 5.69 Å². The van der Waals surface area contributed by atoms with Gasteiger partial charge >= 0.3 is 16.1 Å². The van der Waals surface area contributed by atoms with Gasteiger partial charge in [0.15, 0.2) is 5.75 Å². The van der Waals surface area contributed by atoms with E-state index in [2.05, 4.69) is 15.9 Å². The first-order valence-corrected chi connectivity index (χ1v) is 8.25. The van der Waals surface area contributed by atoms with Crippen molar-refractivity contribution in [1.29, 1.82) is 0 Å². The largest absolute Gasteiger partial charge is 0.477 e. The van der Waals surface area contributed by atoms with Gasteiger partial charge in [0.2, 0.25) is 0 Å². The van der Waals surface area contributed by atoms with E-state index in [1.807, 2.05) is 6.92 Å². The first-order chi connectivity index (χ1) is 10.2. The molecule has 0 saturated heterocycles. The van der Waals surface area contributed by atoms with E-state index in [4.69, 9.17) is 9.92 Å². The van der Waals surface area contributed by atoms with Gasteiger partial charge in [0.1, 0.15) is 10.5 Å². The molecule has 0 aliphatic rings. The molecule has 116 valence electrons. The van der Waals surface area contributed by atoms with Gasteiger partial charge in [0.05, 0.1) is 10.2 Å². The summed E-state index contributed by atoms with van der Waals surface area (Å²) in [4.78, 5) is 11.2. The van der Waals surface area contributed by atoms with Crippen molar-refractivity contribution in [3.05, 3.63) is 52.0 Å². The van der Waals surface area contributed by atoms with E-state index >= 15 is 0 Å². The molecule has 0 unspecified atom stereocenters. The summed E-state index contributed by atoms with van der Waals surface area (Å²) in [5.74, 6) is -1.74. The number of benzene rings is 2. The van der Waals surface area contributed by atoms with E-state index in [1.165, 1.54) is 24.3 Å². The first-order valence-electron chi connectivity index (χ1n) is 6.05. The Balaban J connectivity index is 2.53. The van der Waals surface area contributed by atoms with E-state index in [0.29, 0.717) is 0 Å². The Morgan fingerprint density at radius 2 is 1.77 bits per heavy atom. The molecule has 3 N–H and O–H groups in total. The second kappa shape index (κ2) is 5.98. The number of hydrogen-bond acceptors (Lipinski definition) is 5. The van der Waals surface area contributed by atoms with Crippen LogP contribution in [0.3, 0.4) is 0 Å². The molecular weight excluding hydrogens is 374 g/mol. The van der Waals surface area contributed by atoms with E-state index < -0.39 is 21.7 Å². The zero-order valence-electron chi connectivity index (χ0n) is 11.4. The second-order valence-corrected chi connectivity index (χ2v) is 6.90. The van der Waals surface area contributed by atoms with Crippen molar-refractivity contribution >= 4 is 37.7 Å². The summed E-state index contributed by atoms with van der Waals surface area (Å²) in [6.07, 6.45) is 0. The van der Waals surface area contributed by atoms with Gasteiger partial charge in [-0.1, -0.05) is 17.7 Å². The van der Waals surface area contributed by atoms with Gasteiger partial charge in [-0.15, -0.1) is 0 Å². The van der Waals surface area contributed by atoms with Crippen LogP contribution in [0.25, 0.3) is 0 Å². The number of rotatable bonds is 4. The Morgan fingerprint density at radius 3 is 2.32 bits per heavy atom. The van der Waals surface area contributed by atoms with Gasteiger partial charge in [-0.05, 0) is 47.1 Å². The number of aryl methyl sites for hydroxylation is 1. The SMILES string of the molecule is Cc1ccc(S(=O)(=O)Oc2c(Br)ccc(N)c2C(=O)O)cc1. The van der Waals surface area contributed by atoms with Gasteiger partial charge < -0.3 is 15.0 Å². The standard InChI is InChI=1S/C14H12BrNO5S/c1-8-2-4-9(5-3-8)22(19,20)21-13-10(15)6-7-11(16)12(13)14(17)18/h2-7H,16H2,1H3,(H,17,18). The molecule has 0 bridgehead atoms. The molecule has 0 radical (unpaired) electrons. The molecule has 0 aliphatic heterocycles. The molecule has 0 heterocycles. The van der Waals surface area contributed by atoms with Gasteiger partial charge in [0.25, 0.3) is 0 Å². The van der Waals surface area contributed by atoms with Crippen molar-refractivity contribution in [2.45, 2.75) is 11.8 Å². The number of carboxylic acid groups (broad SMARTS) is 1. The predicted octanol–water partition coefficient (Wildman–Crippen LogP) is 2.81. The normalized spacial score (nSPS) is 11.2. The highest BCUT2D eigenvalue weighted by molar-refractivity contribution is 9.10. The minimum atomic E-state index is -4.17. The van der Waals surface area contributed by atoms with Gasteiger partial charge in [-0.25, -0.2) is 4.79 Å². The van der Waals surface area contributed by atoms with Crippen molar-refractivity contribution < 1.29 is 22.5 Å². The number of carboxylic acids is 1. The van der Waals surface area contributed by atoms with Gasteiger partial charge in [0, 0.05) is 0 Å². The summed E-state index contributed by atoms with van der Waals surface area (Å²) in [6.45, 7) is 1.81. The zero-order valence-corrected chi connectivity index (χ0v) is 13.8. The van der Waals surface area contributed by atoms with Crippen LogP contribution in [0.2, 0.25) is 0 Å². The fourth-order valence-corrected chi connectivity index (χ4v) is 3.21. The topological polar surface area (TPSA) is 107 Å². The van der Waals surface area contributed by atoms with E-state index in [-0.39, 0.29) is 20.8 Å². The van der Waals surface area contributed by atoms with Crippen LogP contribution in [-0.4, -0.2) is 19.5 Å². The predicted molar refractivity (Wildman–Crippen MR) is 84.5 cm³/mol. The first kappa shape index (κ1) is 16.3. The van der Waals surface area contributed by atoms with Crippen LogP contribution in [0.1, 0.15) is 15.9 Å². The minimum absolute atomic E-state index is 0.0798. The van der Waals surface area contributed by atoms with E-state index in [0.717, 1.165) is 5.56 Å². The van der Waals surface area contributed by atoms with Crippen molar-refractivity contribution in [2.75, 3.05) is 5.73 Å². The number of anilines is 1. The molecule has 2 aromatic carbocycles. The molecule has 0 aromatic heterocycles. The molecule has 0 fully saturated rings. The lowest BCUT2D eigenvalue weighted by Crippen LogP contribution is -2.14. The van der Waals surface area contributed by atoms with Crippen LogP contribution in [0, 0.1) is 6.92 Å². The van der Waals surface area contributed by atoms with Crippen LogP contribution >= 0.6 is 15.9 Å².